The molecule has 42 heavy (non-hydrogen) atoms. The Morgan fingerprint density at radius 3 is 2.48 bits per heavy atom. The Morgan fingerprint density at radius 2 is 1.79 bits per heavy atom. The van der Waals surface area contributed by atoms with Gasteiger partial charge >= 0.3 is 0 Å². The summed E-state index contributed by atoms with van der Waals surface area (Å²) in [6.07, 6.45) is 3.70. The van der Waals surface area contributed by atoms with Gasteiger partial charge in [-0.05, 0) is 52.6 Å². The molecule has 0 fully saturated rings. The van der Waals surface area contributed by atoms with Gasteiger partial charge in [0.15, 0.2) is 0 Å². The highest BCUT2D eigenvalue weighted by atomic mass is 16.5. The number of rotatable bonds is 15. The fourth-order valence-corrected chi connectivity index (χ4v) is 5.27. The molecule has 0 unspecified atom stereocenters. The first kappa shape index (κ1) is 31.5. The van der Waals surface area contributed by atoms with E-state index < -0.39 is 6.10 Å². The van der Waals surface area contributed by atoms with Gasteiger partial charge in [-0.1, -0.05) is 77.1 Å². The van der Waals surface area contributed by atoms with Crippen molar-refractivity contribution < 1.29 is 19.1 Å². The molecule has 4 aromatic rings. The zero-order valence-corrected chi connectivity index (χ0v) is 25.8. The smallest absolute Gasteiger partial charge is 0.237 e. The lowest BCUT2D eigenvalue weighted by Gasteiger charge is -2.30. The topological polar surface area (TPSA) is 81.9 Å². The number of fused-ring (bicyclic) bond motifs is 1. The van der Waals surface area contributed by atoms with Crippen molar-refractivity contribution >= 4 is 16.8 Å². The third-order valence-corrected chi connectivity index (χ3v) is 7.46. The van der Waals surface area contributed by atoms with Gasteiger partial charge in [0.25, 0.3) is 0 Å². The van der Waals surface area contributed by atoms with E-state index in [1.807, 2.05) is 29.2 Å². The van der Waals surface area contributed by atoms with Gasteiger partial charge in [0.05, 0.1) is 25.5 Å². The lowest BCUT2D eigenvalue weighted by atomic mass is 9.87. The average Bonchev–Trinajstić information content (AvgIpc) is 3.60. The minimum atomic E-state index is -0.712. The van der Waals surface area contributed by atoms with Crippen molar-refractivity contribution in [3.05, 3.63) is 95.6 Å². The number of aromatic amines is 1. The number of H-pyrrole nitrogens is 1. The van der Waals surface area contributed by atoms with Crippen LogP contribution in [-0.2, 0) is 34.5 Å². The molecule has 2 aromatic heterocycles. The number of aromatic nitrogens is 1. The fraction of sp³-hybridized carbons (Fsp3) is 0.457. The number of ether oxygens (including phenoxy) is 1. The number of benzene rings is 2. The zero-order chi connectivity index (χ0) is 30.1. The highest BCUT2D eigenvalue weighted by Gasteiger charge is 2.22. The Kier molecular flexibility index (Phi) is 11.0. The van der Waals surface area contributed by atoms with E-state index >= 15 is 0 Å². The highest BCUT2D eigenvalue weighted by molar-refractivity contribution is 5.83. The van der Waals surface area contributed by atoms with Crippen LogP contribution >= 0.6 is 0 Å². The molecule has 0 radical (unpaired) electrons. The molecule has 0 bridgehead atoms. The molecule has 0 aliphatic rings. The van der Waals surface area contributed by atoms with Crippen LogP contribution in [0.1, 0.15) is 57.1 Å². The van der Waals surface area contributed by atoms with Gasteiger partial charge in [0.2, 0.25) is 5.91 Å². The van der Waals surface area contributed by atoms with E-state index in [4.69, 9.17) is 9.15 Å². The van der Waals surface area contributed by atoms with Gasteiger partial charge in [-0.3, -0.25) is 9.69 Å². The summed E-state index contributed by atoms with van der Waals surface area (Å²) in [7, 11) is 0. The first-order chi connectivity index (χ1) is 20.1. The summed E-state index contributed by atoms with van der Waals surface area (Å²) in [5, 5.41) is 11.9. The summed E-state index contributed by atoms with van der Waals surface area (Å²) in [4.78, 5) is 21.3. The van der Waals surface area contributed by atoms with E-state index in [2.05, 4.69) is 87.1 Å². The number of amides is 1. The third kappa shape index (κ3) is 9.31. The third-order valence-electron chi connectivity index (χ3n) is 7.46. The second-order valence-electron chi connectivity index (χ2n) is 12.7. The minimum absolute atomic E-state index is 0.0547. The maximum absolute atomic E-state index is 13.9. The molecule has 2 heterocycles. The molecule has 7 nitrogen and oxygen atoms in total. The van der Waals surface area contributed by atoms with Gasteiger partial charge < -0.3 is 24.1 Å². The van der Waals surface area contributed by atoms with Crippen LogP contribution in [0, 0.1) is 5.92 Å². The molecule has 1 atom stereocenters. The number of carbonyl (C=O) groups excluding carboxylic acids is 1. The Balaban J connectivity index is 1.44. The van der Waals surface area contributed by atoms with Crippen molar-refractivity contribution in [2.24, 2.45) is 5.92 Å². The molecular weight excluding hydrogens is 526 g/mol. The SMILES string of the molecule is CC(C)CN(CC(=O)N(CCc1c[nH]c2ccccc12)Cc1ccc(C(C)(C)C)cc1)C[C@H](O)COCc1ccco1. The van der Waals surface area contributed by atoms with Gasteiger partial charge in [0.1, 0.15) is 12.4 Å². The Morgan fingerprint density at radius 1 is 1.02 bits per heavy atom. The number of hydrogen-bond acceptors (Lipinski definition) is 5. The number of furan rings is 1. The number of carbonyl (C=O) groups is 1. The molecule has 0 aliphatic carbocycles. The molecule has 4 rings (SSSR count). The molecule has 0 aliphatic heterocycles. The standard InChI is InChI=1S/C35H47N3O4/c1-26(2)20-37(22-30(39)24-41-25-31-9-8-18-42-31)23-34(40)38(21-27-12-14-29(15-13-27)35(3,4)5)17-16-28-19-36-33-11-7-6-10-32(28)33/h6-15,18-19,26,30,36,39H,16-17,20-25H2,1-5H3/t30-/m0/s1. The normalized spacial score (nSPS) is 12.9. The summed E-state index contributed by atoms with van der Waals surface area (Å²) in [5.41, 5.74) is 4.76. The number of nitrogens with one attached hydrogen (secondary N) is 1. The average molecular weight is 574 g/mol. The van der Waals surface area contributed by atoms with Crippen molar-refractivity contribution in [3.8, 4) is 0 Å². The van der Waals surface area contributed by atoms with Crippen LogP contribution in [0.25, 0.3) is 10.9 Å². The molecule has 2 aromatic carbocycles. The number of nitrogens with zero attached hydrogens (tertiary/aromatic N) is 2. The second-order valence-corrected chi connectivity index (χ2v) is 12.7. The fourth-order valence-electron chi connectivity index (χ4n) is 5.27. The van der Waals surface area contributed by atoms with Crippen molar-refractivity contribution in [1.82, 2.24) is 14.8 Å². The van der Waals surface area contributed by atoms with E-state index in [0.717, 1.165) is 23.3 Å². The van der Waals surface area contributed by atoms with Crippen LogP contribution < -0.4 is 0 Å². The minimum Gasteiger partial charge on any atom is -0.467 e. The molecule has 0 saturated carbocycles. The predicted molar refractivity (Wildman–Crippen MR) is 168 cm³/mol. The summed E-state index contributed by atoms with van der Waals surface area (Å²) >= 11 is 0. The number of aliphatic hydroxyl groups excluding tert-OH is 1. The molecule has 1 amide bonds. The van der Waals surface area contributed by atoms with Crippen molar-refractivity contribution in [3.63, 3.8) is 0 Å². The lowest BCUT2D eigenvalue weighted by Crippen LogP contribution is -2.45. The van der Waals surface area contributed by atoms with Gasteiger partial charge in [-0.2, -0.15) is 0 Å². The van der Waals surface area contributed by atoms with Crippen LogP contribution in [0.15, 0.2) is 77.5 Å². The van der Waals surface area contributed by atoms with E-state index in [9.17, 15) is 9.90 Å². The lowest BCUT2D eigenvalue weighted by molar-refractivity contribution is -0.133. The summed E-state index contributed by atoms with van der Waals surface area (Å²) < 4.78 is 11.0. The van der Waals surface area contributed by atoms with Gasteiger partial charge in [-0.25, -0.2) is 0 Å². The van der Waals surface area contributed by atoms with Gasteiger partial charge in [-0.15, -0.1) is 0 Å². The van der Waals surface area contributed by atoms with Crippen LogP contribution in [-0.4, -0.2) is 64.7 Å². The summed E-state index contributed by atoms with van der Waals surface area (Å²) in [6, 6.07) is 20.5. The Labute approximate surface area is 250 Å². The van der Waals surface area contributed by atoms with Crippen LogP contribution in [0.2, 0.25) is 0 Å². The second kappa shape index (κ2) is 14.7. The van der Waals surface area contributed by atoms with E-state index in [1.165, 1.54) is 16.5 Å². The number of hydrogen-bond donors (Lipinski definition) is 2. The van der Waals surface area contributed by atoms with Crippen molar-refractivity contribution in [2.75, 3.05) is 32.8 Å². The predicted octanol–water partition coefficient (Wildman–Crippen LogP) is 6.17. The van der Waals surface area contributed by atoms with Crippen LogP contribution in [0.4, 0.5) is 0 Å². The van der Waals surface area contributed by atoms with E-state index in [-0.39, 0.29) is 24.5 Å². The van der Waals surface area contributed by atoms with E-state index in [1.54, 1.807) is 6.26 Å². The molecule has 0 saturated heterocycles. The number of aliphatic hydroxyl groups is 1. The van der Waals surface area contributed by atoms with Crippen LogP contribution in [0.3, 0.4) is 0 Å². The monoisotopic (exact) mass is 573 g/mol. The van der Waals surface area contributed by atoms with Crippen LogP contribution in [0.5, 0.6) is 0 Å². The first-order valence-electron chi connectivity index (χ1n) is 15.0. The molecule has 2 N–H and O–H groups in total. The Bertz CT molecular complexity index is 1370. The highest BCUT2D eigenvalue weighted by Crippen LogP contribution is 2.23. The van der Waals surface area contributed by atoms with Gasteiger partial charge in [0, 0.05) is 43.3 Å². The van der Waals surface area contributed by atoms with Crippen molar-refractivity contribution in [2.45, 2.75) is 65.7 Å². The first-order valence-corrected chi connectivity index (χ1v) is 15.0. The summed E-state index contributed by atoms with van der Waals surface area (Å²) in [5.74, 6) is 1.12. The zero-order valence-electron chi connectivity index (χ0n) is 25.8. The maximum atomic E-state index is 13.9. The molecule has 226 valence electrons. The maximum Gasteiger partial charge on any atom is 0.237 e. The Hall–Kier alpha value is -3.39. The molecule has 7 heteroatoms. The van der Waals surface area contributed by atoms with Crippen molar-refractivity contribution in [1.29, 1.82) is 0 Å². The van der Waals surface area contributed by atoms with E-state index in [0.29, 0.717) is 38.7 Å². The number of para-hydroxylation sites is 1. The molecule has 0 spiro atoms. The summed E-state index contributed by atoms with van der Waals surface area (Å²) in [6.45, 7) is 13.8. The quantitative estimate of drug-likeness (QED) is 0.178. The largest absolute Gasteiger partial charge is 0.467 e. The molecular formula is C35H47N3O4.